The third-order valence-electron chi connectivity index (χ3n) is 0.368. The van der Waals surface area contributed by atoms with Crippen LogP contribution in [0.1, 0.15) is 0 Å². The second-order valence-corrected chi connectivity index (χ2v) is 0.727. The Morgan fingerprint density at radius 1 is 1.86 bits per heavy atom. The molecule has 0 aromatic heterocycles. The van der Waals surface area contributed by atoms with Crippen LogP contribution in [-0.2, 0) is 31.9 Å². The van der Waals surface area contributed by atoms with Crippen LogP contribution < -0.4 is 0 Å². The van der Waals surface area contributed by atoms with E-state index in [9.17, 15) is 4.79 Å². The van der Waals surface area contributed by atoms with E-state index in [1.165, 1.54) is 7.11 Å². The topological polar surface area (TPSA) is 26.3 Å². The Morgan fingerprint density at radius 3 is 2.29 bits per heavy atom. The third-order valence-corrected chi connectivity index (χ3v) is 0.368. The van der Waals surface area contributed by atoms with Crippen LogP contribution >= 0.6 is 0 Å². The molecule has 0 unspecified atom stereocenters. The maximum atomic E-state index is 9.84. The van der Waals surface area contributed by atoms with E-state index in [1.54, 1.807) is 0 Å². The second kappa shape index (κ2) is 5.95. The predicted molar refractivity (Wildman–Crippen MR) is 22.2 cm³/mol. The molecule has 0 aromatic rings. The minimum absolute atomic E-state index is 0. The summed E-state index contributed by atoms with van der Waals surface area (Å²) in [6.45, 7) is 3.16. The predicted octanol–water partition coefficient (Wildman–Crippen LogP) is 0.343. The fourth-order valence-corrected chi connectivity index (χ4v) is 0.0833. The standard InChI is InChI=1S/C4H6O2.Nb/c1-3-4(5)6-2;/h3H,1H2,2H3;. The molecule has 0 aliphatic rings. The Kier molecular flexibility index (Phi) is 8.54. The van der Waals surface area contributed by atoms with Gasteiger partial charge in [-0.15, -0.1) is 0 Å². The zero-order chi connectivity index (χ0) is 4.99. The number of carbonyl (C=O) groups excluding carboxylic acids is 1. The van der Waals surface area contributed by atoms with Crippen molar-refractivity contribution in [3.63, 3.8) is 0 Å². The minimum Gasteiger partial charge on any atom is -0.466 e. The van der Waals surface area contributed by atoms with Gasteiger partial charge in [0.2, 0.25) is 0 Å². The molecule has 0 amide bonds. The van der Waals surface area contributed by atoms with Crippen LogP contribution in [-0.4, -0.2) is 13.1 Å². The Labute approximate surface area is 58.1 Å². The molecular weight excluding hydrogens is 173 g/mol. The number of methoxy groups -OCH3 is 1. The Hall–Kier alpha value is -0.0497. The van der Waals surface area contributed by atoms with Crippen molar-refractivity contribution in [3.8, 4) is 0 Å². The molecule has 0 aliphatic heterocycles. The third kappa shape index (κ3) is 5.95. The normalized spacial score (nSPS) is 5.86. The molecule has 2 nitrogen and oxygen atoms in total. The second-order valence-electron chi connectivity index (χ2n) is 0.727. The first-order valence-corrected chi connectivity index (χ1v) is 1.51. The summed E-state index contributed by atoms with van der Waals surface area (Å²) in [5.41, 5.74) is 0. The number of hydrogen-bond donors (Lipinski definition) is 0. The van der Waals surface area contributed by atoms with E-state index >= 15 is 0 Å². The van der Waals surface area contributed by atoms with Gasteiger partial charge in [0.1, 0.15) is 0 Å². The summed E-state index contributed by atoms with van der Waals surface area (Å²) in [4.78, 5) is 9.84. The SMILES string of the molecule is C=CC(=O)OC.[Nb]. The van der Waals surface area contributed by atoms with E-state index in [4.69, 9.17) is 0 Å². The van der Waals surface area contributed by atoms with Gasteiger partial charge in [-0.1, -0.05) is 6.58 Å². The van der Waals surface area contributed by atoms with Crippen LogP contribution in [0.15, 0.2) is 12.7 Å². The van der Waals surface area contributed by atoms with Crippen molar-refractivity contribution in [1.29, 1.82) is 0 Å². The molecule has 0 saturated carbocycles. The molecule has 0 saturated heterocycles. The number of ether oxygens (including phenoxy) is 1. The van der Waals surface area contributed by atoms with Crippen LogP contribution in [0.25, 0.3) is 0 Å². The van der Waals surface area contributed by atoms with Gasteiger partial charge in [-0.3, -0.25) is 0 Å². The van der Waals surface area contributed by atoms with Crippen molar-refractivity contribution in [3.05, 3.63) is 12.7 Å². The summed E-state index contributed by atoms with van der Waals surface area (Å²) in [6.07, 6.45) is 1.11. The number of carbonyl (C=O) groups is 1. The fourth-order valence-electron chi connectivity index (χ4n) is 0.0833. The van der Waals surface area contributed by atoms with Gasteiger partial charge >= 0.3 is 5.97 Å². The van der Waals surface area contributed by atoms with Crippen molar-refractivity contribution in [2.24, 2.45) is 0 Å². The minimum atomic E-state index is -0.394. The van der Waals surface area contributed by atoms with Gasteiger partial charge in [0.25, 0.3) is 0 Å². The monoisotopic (exact) mass is 179 g/mol. The van der Waals surface area contributed by atoms with Crippen molar-refractivity contribution in [1.82, 2.24) is 0 Å². The molecule has 0 atom stereocenters. The van der Waals surface area contributed by atoms with E-state index in [2.05, 4.69) is 11.3 Å². The molecule has 39 valence electrons. The quantitative estimate of drug-likeness (QED) is 0.329. The first-order chi connectivity index (χ1) is 2.81. The van der Waals surface area contributed by atoms with Crippen molar-refractivity contribution in [2.75, 3.05) is 7.11 Å². The van der Waals surface area contributed by atoms with Gasteiger partial charge in [-0.25, -0.2) is 4.79 Å². The average molecular weight is 179 g/mol. The summed E-state index contributed by atoms with van der Waals surface area (Å²) in [5, 5.41) is 0. The number of rotatable bonds is 1. The van der Waals surface area contributed by atoms with Crippen molar-refractivity contribution in [2.45, 2.75) is 0 Å². The molecule has 0 N–H and O–H groups in total. The maximum Gasteiger partial charge on any atom is 0.329 e. The summed E-state index contributed by atoms with van der Waals surface area (Å²) >= 11 is 0. The van der Waals surface area contributed by atoms with Crippen LogP contribution in [0.4, 0.5) is 0 Å². The molecule has 0 aliphatic carbocycles. The first kappa shape index (κ1) is 10.0. The van der Waals surface area contributed by atoms with Crippen molar-refractivity contribution >= 4 is 5.97 Å². The van der Waals surface area contributed by atoms with E-state index in [0.29, 0.717) is 0 Å². The molecule has 0 rings (SSSR count). The smallest absolute Gasteiger partial charge is 0.329 e. The van der Waals surface area contributed by atoms with E-state index in [-0.39, 0.29) is 22.4 Å². The van der Waals surface area contributed by atoms with Gasteiger partial charge in [0.05, 0.1) is 7.11 Å². The zero-order valence-electron chi connectivity index (χ0n) is 4.05. The molecule has 0 aromatic carbocycles. The average Bonchev–Trinajstić information content (AvgIpc) is 1.65. The Morgan fingerprint density at radius 2 is 2.29 bits per heavy atom. The van der Waals surface area contributed by atoms with Crippen LogP contribution in [0.2, 0.25) is 0 Å². The van der Waals surface area contributed by atoms with Crippen LogP contribution in [0.3, 0.4) is 0 Å². The van der Waals surface area contributed by atoms with Gasteiger partial charge in [-0.05, 0) is 0 Å². The largest absolute Gasteiger partial charge is 0.466 e. The van der Waals surface area contributed by atoms with Gasteiger partial charge in [0.15, 0.2) is 0 Å². The van der Waals surface area contributed by atoms with Gasteiger partial charge < -0.3 is 4.74 Å². The molecule has 0 fully saturated rings. The Balaban J connectivity index is 0. The van der Waals surface area contributed by atoms with E-state index in [1.807, 2.05) is 0 Å². The maximum absolute atomic E-state index is 9.84. The molecule has 7 heavy (non-hydrogen) atoms. The van der Waals surface area contributed by atoms with Crippen LogP contribution in [0.5, 0.6) is 0 Å². The fraction of sp³-hybridized carbons (Fsp3) is 0.250. The van der Waals surface area contributed by atoms with E-state index in [0.717, 1.165) is 6.08 Å². The first-order valence-electron chi connectivity index (χ1n) is 1.51. The molecule has 3 heteroatoms. The molecular formula is C4H6NbO2. The Bertz CT molecular complexity index is 70.1. The van der Waals surface area contributed by atoms with Crippen LogP contribution in [0, 0.1) is 0 Å². The summed E-state index contributed by atoms with van der Waals surface area (Å²) in [6, 6.07) is 0. The number of esters is 1. The molecule has 0 heterocycles. The van der Waals surface area contributed by atoms with Gasteiger partial charge in [-0.2, -0.15) is 0 Å². The summed E-state index contributed by atoms with van der Waals surface area (Å²) < 4.78 is 4.14. The summed E-state index contributed by atoms with van der Waals surface area (Å²) in [5.74, 6) is -0.394. The molecule has 0 spiro atoms. The molecule has 0 bridgehead atoms. The number of hydrogen-bond acceptors (Lipinski definition) is 2. The molecule has 1 radical (unpaired) electrons. The van der Waals surface area contributed by atoms with Crippen molar-refractivity contribution < 1.29 is 31.9 Å². The van der Waals surface area contributed by atoms with E-state index < -0.39 is 5.97 Å². The summed E-state index contributed by atoms with van der Waals surface area (Å²) in [7, 11) is 1.31. The van der Waals surface area contributed by atoms with Gasteiger partial charge in [0, 0.05) is 28.5 Å². The zero-order valence-corrected chi connectivity index (χ0v) is 6.25.